The van der Waals surface area contributed by atoms with Crippen molar-refractivity contribution in [2.24, 2.45) is 0 Å². The van der Waals surface area contributed by atoms with Crippen molar-refractivity contribution in [3.05, 3.63) is 279 Å². The molecule has 0 saturated carbocycles. The van der Waals surface area contributed by atoms with Gasteiger partial charge in [-0.25, -0.2) is 0 Å². The first-order valence-corrected chi connectivity index (χ1v) is 24.1. The van der Waals surface area contributed by atoms with Crippen molar-refractivity contribution in [2.45, 2.75) is 0 Å². The van der Waals surface area contributed by atoms with E-state index in [9.17, 15) is 0 Å². The first kappa shape index (κ1) is 41.0. The van der Waals surface area contributed by atoms with Crippen molar-refractivity contribution < 1.29 is 0 Å². The third-order valence-electron chi connectivity index (χ3n) is 14.0. The van der Waals surface area contributed by atoms with E-state index in [1.54, 1.807) is 0 Å². The van der Waals surface area contributed by atoms with Crippen molar-refractivity contribution in [1.29, 1.82) is 0 Å². The number of fused-ring (bicyclic) bond motifs is 5. The molecule has 13 rings (SSSR count). The summed E-state index contributed by atoms with van der Waals surface area (Å²) >= 11 is 0. The molecule has 2 heteroatoms. The maximum absolute atomic E-state index is 2.41. The second-order valence-corrected chi connectivity index (χ2v) is 18.1. The molecule has 0 unspecified atom stereocenters. The van der Waals surface area contributed by atoms with Gasteiger partial charge < -0.3 is 9.47 Å². The first-order chi connectivity index (χ1) is 34.7. The predicted molar refractivity (Wildman–Crippen MR) is 298 cm³/mol. The Hall–Kier alpha value is -9.24. The minimum Gasteiger partial charge on any atom is -0.311 e. The van der Waals surface area contributed by atoms with Crippen molar-refractivity contribution in [3.8, 4) is 61.3 Å². The van der Waals surface area contributed by atoms with Crippen molar-refractivity contribution in [2.75, 3.05) is 4.90 Å². The average molecular weight is 891 g/mol. The van der Waals surface area contributed by atoms with Crippen LogP contribution in [0.5, 0.6) is 0 Å². The SMILES string of the molecule is c1ccc(-n2c3ccccc3c3ccccc32)c(-c2ccc(-c3ccc(N(c4ccc(-c5ccc(-c6cccc7ccccc67)cc5)cc4)c4ccc(-c5ccc6ccccc6c5)cc4)cc3)cc2)c1. The Morgan fingerprint density at radius 1 is 0.229 bits per heavy atom. The van der Waals surface area contributed by atoms with Gasteiger partial charge in [-0.2, -0.15) is 0 Å². The summed E-state index contributed by atoms with van der Waals surface area (Å²) in [6.45, 7) is 0. The molecule has 0 atom stereocenters. The van der Waals surface area contributed by atoms with Gasteiger partial charge in [-0.1, -0.05) is 218 Å². The molecule has 13 aromatic rings. The Bertz CT molecular complexity index is 3950. The molecular formula is C68H46N2. The van der Waals surface area contributed by atoms with E-state index in [2.05, 4.69) is 289 Å². The number of hydrogen-bond acceptors (Lipinski definition) is 1. The fraction of sp³-hybridized carbons (Fsp3) is 0. The quantitative estimate of drug-likeness (QED) is 0.140. The zero-order chi connectivity index (χ0) is 46.4. The second-order valence-electron chi connectivity index (χ2n) is 18.1. The van der Waals surface area contributed by atoms with Crippen molar-refractivity contribution >= 4 is 60.4 Å². The largest absolute Gasteiger partial charge is 0.311 e. The van der Waals surface area contributed by atoms with Gasteiger partial charge in [0.05, 0.1) is 16.7 Å². The van der Waals surface area contributed by atoms with E-state index in [-0.39, 0.29) is 0 Å². The van der Waals surface area contributed by atoms with Gasteiger partial charge in [0.15, 0.2) is 0 Å². The van der Waals surface area contributed by atoms with Gasteiger partial charge in [-0.3, -0.25) is 0 Å². The number of rotatable bonds is 9. The van der Waals surface area contributed by atoms with Gasteiger partial charge in [-0.15, -0.1) is 0 Å². The lowest BCUT2D eigenvalue weighted by Gasteiger charge is -2.26. The summed E-state index contributed by atoms with van der Waals surface area (Å²) in [7, 11) is 0. The zero-order valence-electron chi connectivity index (χ0n) is 38.5. The van der Waals surface area contributed by atoms with Crippen LogP contribution in [0.25, 0.3) is 105 Å². The molecule has 328 valence electrons. The van der Waals surface area contributed by atoms with Crippen molar-refractivity contribution in [1.82, 2.24) is 4.57 Å². The standard InChI is InChI=1S/C68H46N2/c1-2-14-56-46-57(33-28-47(56)12-1)52-38-44-60(45-39-52)69(58-40-34-50(35-41-58)48-24-29-54(30-25-48)62-20-11-15-53-13-3-4-16-61(53)62)59-42-36-51(37-43-59)49-26-31-55(32-27-49)63-17-5-8-21-66(63)70-67-22-9-6-18-64(67)65-19-7-10-23-68(65)70/h1-46H. The molecule has 0 saturated heterocycles. The van der Waals surface area contributed by atoms with Gasteiger partial charge in [-0.05, 0) is 132 Å². The van der Waals surface area contributed by atoms with Gasteiger partial charge >= 0.3 is 0 Å². The summed E-state index contributed by atoms with van der Waals surface area (Å²) in [6, 6.07) is 102. The Morgan fingerprint density at radius 3 is 1.17 bits per heavy atom. The molecule has 1 heterocycles. The van der Waals surface area contributed by atoms with Gasteiger partial charge in [0.2, 0.25) is 0 Å². The fourth-order valence-electron chi connectivity index (χ4n) is 10.5. The lowest BCUT2D eigenvalue weighted by atomic mass is 9.96. The lowest BCUT2D eigenvalue weighted by molar-refractivity contribution is 1.18. The number of para-hydroxylation sites is 3. The maximum Gasteiger partial charge on any atom is 0.0541 e. The Kier molecular flexibility index (Phi) is 10.2. The molecule has 0 spiro atoms. The third kappa shape index (κ3) is 7.40. The van der Waals surface area contributed by atoms with Crippen molar-refractivity contribution in [3.63, 3.8) is 0 Å². The van der Waals surface area contributed by atoms with Crippen LogP contribution in [0, 0.1) is 0 Å². The summed E-state index contributed by atoms with van der Waals surface area (Å²) < 4.78 is 2.41. The highest BCUT2D eigenvalue weighted by atomic mass is 15.1. The van der Waals surface area contributed by atoms with E-state index < -0.39 is 0 Å². The molecular weight excluding hydrogens is 845 g/mol. The average Bonchev–Trinajstić information content (AvgIpc) is 3.78. The van der Waals surface area contributed by atoms with E-state index in [1.165, 1.54) is 105 Å². The molecule has 0 N–H and O–H groups in total. The van der Waals surface area contributed by atoms with Gasteiger partial charge in [0, 0.05) is 33.4 Å². The topological polar surface area (TPSA) is 8.17 Å². The highest BCUT2D eigenvalue weighted by Crippen LogP contribution is 2.40. The summed E-state index contributed by atoms with van der Waals surface area (Å²) in [5, 5.41) is 7.54. The molecule has 0 aliphatic rings. The number of nitrogens with zero attached hydrogens (tertiary/aromatic N) is 2. The summed E-state index contributed by atoms with van der Waals surface area (Å²) in [5.41, 5.74) is 18.8. The van der Waals surface area contributed by atoms with Crippen LogP contribution in [0.4, 0.5) is 17.1 Å². The second kappa shape index (κ2) is 17.4. The van der Waals surface area contributed by atoms with Crippen LogP contribution in [0.15, 0.2) is 279 Å². The minimum atomic E-state index is 1.09. The van der Waals surface area contributed by atoms with E-state index >= 15 is 0 Å². The molecule has 70 heavy (non-hydrogen) atoms. The van der Waals surface area contributed by atoms with Crippen LogP contribution in [0.3, 0.4) is 0 Å². The number of anilines is 3. The van der Waals surface area contributed by atoms with Gasteiger partial charge in [0.25, 0.3) is 0 Å². The maximum atomic E-state index is 2.41. The molecule has 0 amide bonds. The monoisotopic (exact) mass is 890 g/mol. The smallest absolute Gasteiger partial charge is 0.0541 e. The highest BCUT2D eigenvalue weighted by Gasteiger charge is 2.17. The number of hydrogen-bond donors (Lipinski definition) is 0. The number of benzene rings is 12. The Labute approximate surface area is 408 Å². The molecule has 2 nitrogen and oxygen atoms in total. The van der Waals surface area contributed by atoms with E-state index in [0.717, 1.165) is 17.1 Å². The highest BCUT2D eigenvalue weighted by molar-refractivity contribution is 6.10. The fourth-order valence-corrected chi connectivity index (χ4v) is 10.5. The molecule has 0 aliphatic carbocycles. The minimum absolute atomic E-state index is 1.09. The zero-order valence-corrected chi connectivity index (χ0v) is 38.5. The van der Waals surface area contributed by atoms with E-state index in [1.807, 2.05) is 0 Å². The number of aromatic nitrogens is 1. The first-order valence-electron chi connectivity index (χ1n) is 24.1. The normalized spacial score (nSPS) is 11.4. The Morgan fingerprint density at radius 2 is 0.600 bits per heavy atom. The van der Waals surface area contributed by atoms with Crippen LogP contribution >= 0.6 is 0 Å². The molecule has 0 bridgehead atoms. The van der Waals surface area contributed by atoms with Crippen LogP contribution in [-0.4, -0.2) is 4.57 Å². The summed E-state index contributed by atoms with van der Waals surface area (Å²) in [5.74, 6) is 0. The van der Waals surface area contributed by atoms with Crippen LogP contribution in [0.1, 0.15) is 0 Å². The van der Waals surface area contributed by atoms with Crippen LogP contribution in [-0.2, 0) is 0 Å². The van der Waals surface area contributed by atoms with Crippen LogP contribution in [0.2, 0.25) is 0 Å². The van der Waals surface area contributed by atoms with E-state index in [4.69, 9.17) is 0 Å². The molecule has 1 aromatic heterocycles. The molecule has 0 fully saturated rings. The third-order valence-corrected chi connectivity index (χ3v) is 14.0. The lowest BCUT2D eigenvalue weighted by Crippen LogP contribution is -2.09. The van der Waals surface area contributed by atoms with Crippen LogP contribution < -0.4 is 4.90 Å². The Balaban J connectivity index is 0.819. The molecule has 0 radical (unpaired) electrons. The van der Waals surface area contributed by atoms with E-state index in [0.29, 0.717) is 0 Å². The molecule has 12 aromatic carbocycles. The predicted octanol–water partition coefficient (Wildman–Crippen LogP) is 18.9. The van der Waals surface area contributed by atoms with Gasteiger partial charge in [0.1, 0.15) is 0 Å². The summed E-state index contributed by atoms with van der Waals surface area (Å²) in [4.78, 5) is 2.36. The summed E-state index contributed by atoms with van der Waals surface area (Å²) in [6.07, 6.45) is 0. The molecule has 0 aliphatic heterocycles.